The van der Waals surface area contributed by atoms with E-state index in [1.807, 2.05) is 0 Å². The van der Waals surface area contributed by atoms with Gasteiger partial charge in [-0.05, 0) is 50.2 Å². The Morgan fingerprint density at radius 1 is 1.04 bits per heavy atom. The monoisotopic (exact) mass is 384 g/mol. The molecule has 0 aliphatic heterocycles. The van der Waals surface area contributed by atoms with E-state index in [9.17, 15) is 9.59 Å². The maximum Gasteiger partial charge on any atom is 0.344 e. The number of benzene rings is 2. The Morgan fingerprint density at radius 2 is 1.71 bits per heavy atom. The molecule has 0 amide bonds. The van der Waals surface area contributed by atoms with Crippen LogP contribution in [0.5, 0.6) is 23.0 Å². The number of methoxy groups -OCH3 is 1. The van der Waals surface area contributed by atoms with E-state index >= 15 is 0 Å². The number of hydrogen-bond acceptors (Lipinski definition) is 7. The number of carbonyl (C=O) groups excluding carboxylic acids is 1. The van der Waals surface area contributed by atoms with Crippen molar-refractivity contribution in [3.8, 4) is 23.0 Å². The van der Waals surface area contributed by atoms with Crippen molar-refractivity contribution in [2.75, 3.05) is 13.7 Å². The van der Waals surface area contributed by atoms with Crippen molar-refractivity contribution in [2.45, 2.75) is 20.0 Å². The zero-order valence-electron chi connectivity index (χ0n) is 15.8. The van der Waals surface area contributed by atoms with Crippen LogP contribution in [-0.2, 0) is 9.53 Å². The second-order valence-corrected chi connectivity index (χ2v) is 6.19. The predicted molar refractivity (Wildman–Crippen MR) is 102 cm³/mol. The standard InChI is InChI=1S/C21H20O7/c1-13(2)27-20(22)12-25-16-8-9-17-18(10-16)26-11-19(21(17)23)28-15-6-4-14(24-3)5-7-15/h4-11,13H,12H2,1-3H3. The molecule has 1 heterocycles. The second kappa shape index (κ2) is 8.47. The zero-order chi connectivity index (χ0) is 20.1. The van der Waals surface area contributed by atoms with Crippen LogP contribution < -0.4 is 19.6 Å². The van der Waals surface area contributed by atoms with E-state index in [0.29, 0.717) is 28.2 Å². The van der Waals surface area contributed by atoms with E-state index in [-0.39, 0.29) is 23.9 Å². The molecule has 3 aromatic rings. The lowest BCUT2D eigenvalue weighted by Gasteiger charge is -2.10. The molecule has 0 saturated heterocycles. The third-order valence-corrected chi connectivity index (χ3v) is 3.73. The van der Waals surface area contributed by atoms with Crippen LogP contribution in [0, 0.1) is 0 Å². The molecule has 0 aliphatic rings. The summed E-state index contributed by atoms with van der Waals surface area (Å²) in [6.07, 6.45) is 1.03. The Morgan fingerprint density at radius 3 is 2.39 bits per heavy atom. The van der Waals surface area contributed by atoms with Crippen LogP contribution in [0.25, 0.3) is 11.0 Å². The lowest BCUT2D eigenvalue weighted by molar-refractivity contribution is -0.149. The maximum absolute atomic E-state index is 12.6. The van der Waals surface area contributed by atoms with Gasteiger partial charge >= 0.3 is 5.97 Å². The van der Waals surface area contributed by atoms with Crippen LogP contribution in [0.4, 0.5) is 0 Å². The van der Waals surface area contributed by atoms with Gasteiger partial charge in [0.15, 0.2) is 6.61 Å². The molecule has 0 fully saturated rings. The first-order chi connectivity index (χ1) is 13.5. The highest BCUT2D eigenvalue weighted by atomic mass is 16.6. The van der Waals surface area contributed by atoms with Crippen LogP contribution in [0.3, 0.4) is 0 Å². The largest absolute Gasteiger partial charge is 0.497 e. The first kappa shape index (κ1) is 19.3. The minimum absolute atomic E-state index is 0.0619. The summed E-state index contributed by atoms with van der Waals surface area (Å²) in [5.74, 6) is 1.14. The Bertz CT molecular complexity index is 1020. The summed E-state index contributed by atoms with van der Waals surface area (Å²) in [6.45, 7) is 3.29. The molecule has 0 aliphatic carbocycles. The minimum atomic E-state index is -0.472. The molecule has 0 atom stereocenters. The van der Waals surface area contributed by atoms with Gasteiger partial charge in [0, 0.05) is 6.07 Å². The van der Waals surface area contributed by atoms with E-state index in [4.69, 9.17) is 23.4 Å². The van der Waals surface area contributed by atoms with Gasteiger partial charge in [0.2, 0.25) is 11.2 Å². The van der Waals surface area contributed by atoms with Gasteiger partial charge in [0.05, 0.1) is 18.6 Å². The molecule has 0 bridgehead atoms. The van der Waals surface area contributed by atoms with Gasteiger partial charge in [0.25, 0.3) is 0 Å². The van der Waals surface area contributed by atoms with Gasteiger partial charge in [-0.15, -0.1) is 0 Å². The van der Waals surface area contributed by atoms with Crippen molar-refractivity contribution in [3.63, 3.8) is 0 Å². The Labute approximate surface area is 161 Å². The van der Waals surface area contributed by atoms with Crippen LogP contribution >= 0.6 is 0 Å². The first-order valence-electron chi connectivity index (χ1n) is 8.66. The fourth-order valence-corrected chi connectivity index (χ4v) is 2.46. The fourth-order valence-electron chi connectivity index (χ4n) is 2.46. The van der Waals surface area contributed by atoms with Crippen LogP contribution in [0.1, 0.15) is 13.8 Å². The van der Waals surface area contributed by atoms with Gasteiger partial charge in [-0.3, -0.25) is 4.79 Å². The molecule has 3 rings (SSSR count). The van der Waals surface area contributed by atoms with Crippen molar-refractivity contribution >= 4 is 16.9 Å². The van der Waals surface area contributed by atoms with E-state index in [1.165, 1.54) is 12.3 Å². The summed E-state index contributed by atoms with van der Waals surface area (Å²) in [5, 5.41) is 0.336. The van der Waals surface area contributed by atoms with Crippen molar-refractivity contribution in [2.24, 2.45) is 0 Å². The van der Waals surface area contributed by atoms with E-state index in [2.05, 4.69) is 0 Å². The summed E-state index contributed by atoms with van der Waals surface area (Å²) in [6, 6.07) is 11.5. The molecule has 7 heteroatoms. The summed E-state index contributed by atoms with van der Waals surface area (Å²) < 4.78 is 26.6. The van der Waals surface area contributed by atoms with Gasteiger partial charge in [-0.25, -0.2) is 4.79 Å². The number of hydrogen-bond donors (Lipinski definition) is 0. The number of ether oxygens (including phenoxy) is 4. The molecule has 1 aromatic heterocycles. The smallest absolute Gasteiger partial charge is 0.344 e. The fraction of sp³-hybridized carbons (Fsp3) is 0.238. The molecular formula is C21H20O7. The topological polar surface area (TPSA) is 84.2 Å². The summed E-state index contributed by atoms with van der Waals surface area (Å²) in [5.41, 5.74) is 0.00430. The van der Waals surface area contributed by atoms with E-state index in [1.54, 1.807) is 57.4 Å². The first-order valence-corrected chi connectivity index (χ1v) is 8.66. The molecule has 146 valence electrons. The number of carbonyl (C=O) groups is 1. The highest BCUT2D eigenvalue weighted by molar-refractivity contribution is 5.79. The van der Waals surface area contributed by atoms with Gasteiger partial charge in [-0.1, -0.05) is 0 Å². The van der Waals surface area contributed by atoms with Crippen LogP contribution in [-0.4, -0.2) is 25.8 Å². The third-order valence-electron chi connectivity index (χ3n) is 3.73. The Hall–Kier alpha value is -3.48. The van der Waals surface area contributed by atoms with Gasteiger partial charge in [0.1, 0.15) is 29.1 Å². The molecule has 28 heavy (non-hydrogen) atoms. The molecule has 0 spiro atoms. The van der Waals surface area contributed by atoms with Crippen molar-refractivity contribution in [3.05, 3.63) is 59.0 Å². The molecular weight excluding hydrogens is 364 g/mol. The zero-order valence-corrected chi connectivity index (χ0v) is 15.8. The third kappa shape index (κ3) is 4.62. The quantitative estimate of drug-likeness (QED) is 0.571. The number of rotatable bonds is 7. The number of esters is 1. The van der Waals surface area contributed by atoms with E-state index in [0.717, 1.165) is 0 Å². The second-order valence-electron chi connectivity index (χ2n) is 6.19. The lowest BCUT2D eigenvalue weighted by atomic mass is 10.2. The normalized spacial score (nSPS) is 10.7. The van der Waals surface area contributed by atoms with Crippen molar-refractivity contribution in [1.82, 2.24) is 0 Å². The maximum atomic E-state index is 12.6. The number of fused-ring (bicyclic) bond motifs is 1. The summed E-state index contributed by atoms with van der Waals surface area (Å²) >= 11 is 0. The molecule has 0 N–H and O–H groups in total. The minimum Gasteiger partial charge on any atom is -0.497 e. The SMILES string of the molecule is COc1ccc(Oc2coc3cc(OCC(=O)OC(C)C)ccc3c2=O)cc1. The highest BCUT2D eigenvalue weighted by Crippen LogP contribution is 2.25. The average Bonchev–Trinajstić information content (AvgIpc) is 2.68. The van der Waals surface area contributed by atoms with Crippen molar-refractivity contribution < 1.29 is 28.2 Å². The Kier molecular flexibility index (Phi) is 5.84. The summed E-state index contributed by atoms with van der Waals surface area (Å²) in [7, 11) is 1.57. The molecule has 7 nitrogen and oxygen atoms in total. The molecule has 0 radical (unpaired) electrons. The van der Waals surface area contributed by atoms with E-state index < -0.39 is 5.97 Å². The van der Waals surface area contributed by atoms with Crippen molar-refractivity contribution in [1.29, 1.82) is 0 Å². The summed E-state index contributed by atoms with van der Waals surface area (Å²) in [4.78, 5) is 24.2. The highest BCUT2D eigenvalue weighted by Gasteiger charge is 2.12. The van der Waals surface area contributed by atoms with Crippen LogP contribution in [0.15, 0.2) is 57.9 Å². The molecule has 0 saturated carbocycles. The molecule has 0 unspecified atom stereocenters. The Balaban J connectivity index is 1.76. The van der Waals surface area contributed by atoms with Gasteiger partial charge in [-0.2, -0.15) is 0 Å². The lowest BCUT2D eigenvalue weighted by Crippen LogP contribution is -2.18. The molecule has 2 aromatic carbocycles. The average molecular weight is 384 g/mol. The predicted octanol–water partition coefficient (Wildman–Crippen LogP) is 3.92. The van der Waals surface area contributed by atoms with Gasteiger partial charge < -0.3 is 23.4 Å². The van der Waals surface area contributed by atoms with Crippen LogP contribution in [0.2, 0.25) is 0 Å².